The van der Waals surface area contributed by atoms with Gasteiger partial charge in [0.25, 0.3) is 0 Å². The standard InChI is InChI=1S/C20H21NO3/c1-2-23-20(22)19-18-15(14-10-6-7-11-17(14)24-19)12-16(21-18)13-8-4-3-5-9-13/h3-11,15-16,18-19,21H,2,12H2,1H3. The van der Waals surface area contributed by atoms with Gasteiger partial charge in [-0.2, -0.15) is 0 Å². The molecular weight excluding hydrogens is 302 g/mol. The minimum absolute atomic E-state index is 0.0656. The third-order valence-corrected chi connectivity index (χ3v) is 4.94. The largest absolute Gasteiger partial charge is 0.477 e. The van der Waals surface area contributed by atoms with E-state index in [0.29, 0.717) is 6.61 Å². The number of fused-ring (bicyclic) bond motifs is 3. The van der Waals surface area contributed by atoms with E-state index in [9.17, 15) is 4.79 Å². The lowest BCUT2D eigenvalue weighted by Crippen LogP contribution is -2.50. The Morgan fingerprint density at radius 1 is 1.17 bits per heavy atom. The van der Waals surface area contributed by atoms with Crippen LogP contribution in [0.15, 0.2) is 54.6 Å². The van der Waals surface area contributed by atoms with Crippen LogP contribution in [0.5, 0.6) is 5.75 Å². The van der Waals surface area contributed by atoms with Crippen molar-refractivity contribution in [3.05, 3.63) is 65.7 Å². The molecule has 2 aromatic carbocycles. The van der Waals surface area contributed by atoms with Gasteiger partial charge in [-0.3, -0.25) is 0 Å². The molecule has 24 heavy (non-hydrogen) atoms. The first kappa shape index (κ1) is 15.2. The van der Waals surface area contributed by atoms with Crippen molar-refractivity contribution in [2.75, 3.05) is 6.61 Å². The highest BCUT2D eigenvalue weighted by molar-refractivity contribution is 5.77. The lowest BCUT2D eigenvalue weighted by Gasteiger charge is -2.34. The SMILES string of the molecule is CCOC(=O)C1Oc2ccccc2C2CC(c3ccccc3)NC12. The minimum atomic E-state index is -0.599. The molecule has 0 amide bonds. The van der Waals surface area contributed by atoms with Crippen LogP contribution in [0.25, 0.3) is 0 Å². The van der Waals surface area contributed by atoms with Crippen molar-refractivity contribution >= 4 is 5.97 Å². The second-order valence-electron chi connectivity index (χ2n) is 6.33. The maximum Gasteiger partial charge on any atom is 0.349 e. The maximum atomic E-state index is 12.4. The van der Waals surface area contributed by atoms with Crippen LogP contribution >= 0.6 is 0 Å². The van der Waals surface area contributed by atoms with Gasteiger partial charge in [0.05, 0.1) is 12.6 Å². The molecule has 1 N–H and O–H groups in total. The molecule has 0 aliphatic carbocycles. The molecule has 124 valence electrons. The third kappa shape index (κ3) is 2.57. The number of hydrogen-bond acceptors (Lipinski definition) is 4. The number of carbonyl (C=O) groups is 1. The van der Waals surface area contributed by atoms with Crippen LogP contribution in [0.3, 0.4) is 0 Å². The van der Waals surface area contributed by atoms with Gasteiger partial charge in [0.1, 0.15) is 5.75 Å². The van der Waals surface area contributed by atoms with E-state index in [0.717, 1.165) is 12.2 Å². The molecule has 4 unspecified atom stereocenters. The zero-order chi connectivity index (χ0) is 16.5. The molecule has 0 aromatic heterocycles. The van der Waals surface area contributed by atoms with Crippen molar-refractivity contribution in [2.45, 2.75) is 37.5 Å². The second kappa shape index (κ2) is 6.29. The number of carbonyl (C=O) groups excluding carboxylic acids is 1. The molecule has 1 saturated heterocycles. The summed E-state index contributed by atoms with van der Waals surface area (Å²) in [6, 6.07) is 18.5. The first-order chi connectivity index (χ1) is 11.8. The molecule has 0 bridgehead atoms. The number of hydrogen-bond donors (Lipinski definition) is 1. The monoisotopic (exact) mass is 323 g/mol. The molecular formula is C20H21NO3. The van der Waals surface area contributed by atoms with Crippen LogP contribution in [0.1, 0.15) is 36.4 Å². The highest BCUT2D eigenvalue weighted by Gasteiger charge is 2.48. The first-order valence-electron chi connectivity index (χ1n) is 8.51. The predicted molar refractivity (Wildman–Crippen MR) is 91.0 cm³/mol. The normalized spacial score (nSPS) is 27.7. The summed E-state index contributed by atoms with van der Waals surface area (Å²) in [5, 5.41) is 3.61. The van der Waals surface area contributed by atoms with Gasteiger partial charge in [-0.15, -0.1) is 0 Å². The molecule has 1 fully saturated rings. The lowest BCUT2D eigenvalue weighted by atomic mass is 9.84. The number of esters is 1. The topological polar surface area (TPSA) is 47.6 Å². The Bertz CT molecular complexity index is 731. The van der Waals surface area contributed by atoms with E-state index < -0.39 is 6.10 Å². The molecule has 2 aliphatic heterocycles. The molecule has 0 radical (unpaired) electrons. The summed E-state index contributed by atoms with van der Waals surface area (Å²) < 4.78 is 11.2. The van der Waals surface area contributed by atoms with E-state index in [4.69, 9.17) is 9.47 Å². The fourth-order valence-electron chi connectivity index (χ4n) is 3.88. The molecule has 4 atom stereocenters. The summed E-state index contributed by atoms with van der Waals surface area (Å²) in [6.45, 7) is 2.18. The lowest BCUT2D eigenvalue weighted by molar-refractivity contribution is -0.153. The Balaban J connectivity index is 1.68. The zero-order valence-corrected chi connectivity index (χ0v) is 13.6. The fraction of sp³-hybridized carbons (Fsp3) is 0.350. The van der Waals surface area contributed by atoms with Crippen molar-refractivity contribution in [3.63, 3.8) is 0 Å². The molecule has 4 nitrogen and oxygen atoms in total. The van der Waals surface area contributed by atoms with Gasteiger partial charge in [-0.05, 0) is 30.5 Å². The highest BCUT2D eigenvalue weighted by atomic mass is 16.6. The Labute approximate surface area is 141 Å². The van der Waals surface area contributed by atoms with E-state index in [1.807, 2.05) is 43.3 Å². The van der Waals surface area contributed by atoms with Gasteiger partial charge in [0.2, 0.25) is 6.10 Å². The molecule has 2 aromatic rings. The van der Waals surface area contributed by atoms with Crippen LogP contribution in [-0.4, -0.2) is 24.7 Å². The summed E-state index contributed by atoms with van der Waals surface area (Å²) in [5.74, 6) is 0.755. The van der Waals surface area contributed by atoms with Gasteiger partial charge in [0, 0.05) is 12.0 Å². The second-order valence-corrected chi connectivity index (χ2v) is 6.33. The van der Waals surface area contributed by atoms with E-state index >= 15 is 0 Å². The smallest absolute Gasteiger partial charge is 0.349 e. The van der Waals surface area contributed by atoms with Crippen molar-refractivity contribution < 1.29 is 14.3 Å². The zero-order valence-electron chi connectivity index (χ0n) is 13.6. The highest BCUT2D eigenvalue weighted by Crippen LogP contribution is 2.46. The minimum Gasteiger partial charge on any atom is -0.477 e. The van der Waals surface area contributed by atoms with E-state index in [2.05, 4.69) is 23.5 Å². The van der Waals surface area contributed by atoms with Crippen molar-refractivity contribution in [3.8, 4) is 5.75 Å². The van der Waals surface area contributed by atoms with Crippen molar-refractivity contribution in [1.29, 1.82) is 0 Å². The molecule has 4 rings (SSSR count). The number of benzene rings is 2. The molecule has 0 saturated carbocycles. The summed E-state index contributed by atoms with van der Waals surface area (Å²) in [5.41, 5.74) is 2.42. The molecule has 4 heteroatoms. The van der Waals surface area contributed by atoms with Crippen LogP contribution in [0, 0.1) is 0 Å². The number of ether oxygens (including phenoxy) is 2. The quantitative estimate of drug-likeness (QED) is 0.881. The number of rotatable bonds is 3. The summed E-state index contributed by atoms with van der Waals surface area (Å²) in [4.78, 5) is 12.4. The Morgan fingerprint density at radius 3 is 2.71 bits per heavy atom. The summed E-state index contributed by atoms with van der Waals surface area (Å²) >= 11 is 0. The Kier molecular flexibility index (Phi) is 3.98. The Hall–Kier alpha value is -2.33. The van der Waals surface area contributed by atoms with Crippen molar-refractivity contribution in [1.82, 2.24) is 5.32 Å². The molecule has 2 aliphatic rings. The summed E-state index contributed by atoms with van der Waals surface area (Å²) in [6.07, 6.45) is 0.351. The summed E-state index contributed by atoms with van der Waals surface area (Å²) in [7, 11) is 0. The van der Waals surface area contributed by atoms with Gasteiger partial charge >= 0.3 is 5.97 Å². The van der Waals surface area contributed by atoms with Gasteiger partial charge in [-0.1, -0.05) is 48.5 Å². The van der Waals surface area contributed by atoms with Crippen LogP contribution in [0.2, 0.25) is 0 Å². The predicted octanol–water partition coefficient (Wildman–Crippen LogP) is 3.20. The Morgan fingerprint density at radius 2 is 1.92 bits per heavy atom. The van der Waals surface area contributed by atoms with Crippen LogP contribution in [-0.2, 0) is 9.53 Å². The first-order valence-corrected chi connectivity index (χ1v) is 8.51. The average Bonchev–Trinajstić information content (AvgIpc) is 3.07. The van der Waals surface area contributed by atoms with Gasteiger partial charge < -0.3 is 14.8 Å². The maximum absolute atomic E-state index is 12.4. The van der Waals surface area contributed by atoms with Crippen molar-refractivity contribution in [2.24, 2.45) is 0 Å². The van der Waals surface area contributed by atoms with E-state index in [-0.39, 0.29) is 24.0 Å². The van der Waals surface area contributed by atoms with E-state index in [1.165, 1.54) is 11.1 Å². The van der Waals surface area contributed by atoms with Crippen LogP contribution in [0.4, 0.5) is 0 Å². The fourth-order valence-corrected chi connectivity index (χ4v) is 3.88. The average molecular weight is 323 g/mol. The third-order valence-electron chi connectivity index (χ3n) is 4.94. The van der Waals surface area contributed by atoms with Gasteiger partial charge in [-0.25, -0.2) is 4.79 Å². The molecule has 2 heterocycles. The number of nitrogens with one attached hydrogen (secondary N) is 1. The van der Waals surface area contributed by atoms with E-state index in [1.54, 1.807) is 0 Å². The van der Waals surface area contributed by atoms with Crippen LogP contribution < -0.4 is 10.1 Å². The van der Waals surface area contributed by atoms with Gasteiger partial charge in [0.15, 0.2) is 0 Å². The number of para-hydroxylation sites is 1. The molecule has 0 spiro atoms.